The standard InChI is InChI=1S/C25H52NO2.HI/c1-3-4-5-6-7-8-9-10-11-12-13-14-15-16-17-18-22-27-23-19-26(2)20-24-28-25-21-26;/h3-25H2,1-2H3;1H/q+1;/p-1. The number of nitrogens with zero attached hydrogens (tertiary/aromatic N) is 1. The number of hydrogen-bond donors (Lipinski definition) is 0. The fourth-order valence-corrected chi connectivity index (χ4v) is 4.15. The predicted molar refractivity (Wildman–Crippen MR) is 122 cm³/mol. The largest absolute Gasteiger partial charge is 1.00 e. The van der Waals surface area contributed by atoms with Gasteiger partial charge in [-0.05, 0) is 6.42 Å². The third-order valence-corrected chi connectivity index (χ3v) is 6.47. The number of hydrogen-bond acceptors (Lipinski definition) is 2. The van der Waals surface area contributed by atoms with E-state index in [2.05, 4.69) is 14.0 Å². The van der Waals surface area contributed by atoms with Gasteiger partial charge in [-0.2, -0.15) is 0 Å². The molecule has 0 saturated carbocycles. The van der Waals surface area contributed by atoms with Crippen LogP contribution in [0.25, 0.3) is 0 Å². The Hall–Kier alpha value is 0.610. The number of unbranched alkanes of at least 4 members (excludes halogenated alkanes) is 15. The molecule has 0 aromatic rings. The fourth-order valence-electron chi connectivity index (χ4n) is 4.15. The molecule has 176 valence electrons. The molecule has 1 rings (SSSR count). The molecule has 1 heterocycles. The van der Waals surface area contributed by atoms with Crippen molar-refractivity contribution in [1.82, 2.24) is 0 Å². The van der Waals surface area contributed by atoms with E-state index in [0.717, 1.165) is 50.5 Å². The monoisotopic (exact) mass is 525 g/mol. The number of rotatable bonds is 20. The molecule has 0 aliphatic carbocycles. The first-order valence-electron chi connectivity index (χ1n) is 12.8. The number of morpholine rings is 1. The molecule has 0 bridgehead atoms. The molecule has 1 aliphatic rings. The van der Waals surface area contributed by atoms with Crippen LogP contribution < -0.4 is 24.0 Å². The van der Waals surface area contributed by atoms with E-state index >= 15 is 0 Å². The lowest BCUT2D eigenvalue weighted by atomic mass is 10.0. The number of likely N-dealkylation sites (N-methyl/N-ethyl adjacent to an activating group) is 1. The van der Waals surface area contributed by atoms with Gasteiger partial charge in [0.1, 0.15) is 19.6 Å². The summed E-state index contributed by atoms with van der Waals surface area (Å²) in [5, 5.41) is 0. The van der Waals surface area contributed by atoms with Crippen LogP contribution in [0, 0.1) is 0 Å². The highest BCUT2D eigenvalue weighted by atomic mass is 127. The average Bonchev–Trinajstić information content (AvgIpc) is 2.70. The van der Waals surface area contributed by atoms with Crippen molar-refractivity contribution >= 4 is 0 Å². The first-order chi connectivity index (χ1) is 13.8. The minimum atomic E-state index is 0. The van der Waals surface area contributed by atoms with E-state index < -0.39 is 0 Å². The highest BCUT2D eigenvalue weighted by Crippen LogP contribution is 2.14. The summed E-state index contributed by atoms with van der Waals surface area (Å²) in [5.41, 5.74) is 0. The van der Waals surface area contributed by atoms with E-state index in [1.54, 1.807) is 0 Å². The van der Waals surface area contributed by atoms with Crippen LogP contribution in [0.15, 0.2) is 0 Å². The topological polar surface area (TPSA) is 18.5 Å². The molecule has 29 heavy (non-hydrogen) atoms. The molecule has 1 fully saturated rings. The molecule has 3 nitrogen and oxygen atoms in total. The molecule has 4 heteroatoms. The van der Waals surface area contributed by atoms with E-state index in [9.17, 15) is 0 Å². The molecule has 0 aromatic carbocycles. The Kier molecular flexibility index (Phi) is 22.3. The van der Waals surface area contributed by atoms with Gasteiger partial charge in [0.15, 0.2) is 0 Å². The van der Waals surface area contributed by atoms with Crippen LogP contribution in [0.3, 0.4) is 0 Å². The second-order valence-corrected chi connectivity index (χ2v) is 9.32. The highest BCUT2D eigenvalue weighted by Gasteiger charge is 2.24. The highest BCUT2D eigenvalue weighted by molar-refractivity contribution is 4.50. The van der Waals surface area contributed by atoms with Crippen molar-refractivity contribution in [2.75, 3.05) is 53.1 Å². The van der Waals surface area contributed by atoms with Crippen LogP contribution in [0.2, 0.25) is 0 Å². The van der Waals surface area contributed by atoms with Gasteiger partial charge in [-0.1, -0.05) is 103 Å². The molecule has 0 N–H and O–H groups in total. The summed E-state index contributed by atoms with van der Waals surface area (Å²) in [4.78, 5) is 0. The van der Waals surface area contributed by atoms with Crippen LogP contribution in [0.1, 0.15) is 110 Å². The van der Waals surface area contributed by atoms with Crippen LogP contribution in [-0.2, 0) is 9.47 Å². The predicted octanol–water partition coefficient (Wildman–Crippen LogP) is 3.75. The molecule has 0 spiro atoms. The van der Waals surface area contributed by atoms with Gasteiger partial charge in [-0.3, -0.25) is 0 Å². The smallest absolute Gasteiger partial charge is 0.102 e. The van der Waals surface area contributed by atoms with E-state index in [-0.39, 0.29) is 24.0 Å². The van der Waals surface area contributed by atoms with Crippen molar-refractivity contribution in [1.29, 1.82) is 0 Å². The first-order valence-corrected chi connectivity index (χ1v) is 12.8. The fraction of sp³-hybridized carbons (Fsp3) is 1.00. The molecule has 0 amide bonds. The molecule has 0 unspecified atom stereocenters. The Bertz CT molecular complexity index is 322. The minimum absolute atomic E-state index is 0. The first kappa shape index (κ1) is 29.6. The molecule has 0 radical (unpaired) electrons. The second kappa shape index (κ2) is 21.8. The normalized spacial score (nSPS) is 15.9. The van der Waals surface area contributed by atoms with Crippen molar-refractivity contribution in [2.45, 2.75) is 110 Å². The molecular weight excluding hydrogens is 473 g/mol. The van der Waals surface area contributed by atoms with Crippen LogP contribution in [-0.4, -0.2) is 57.6 Å². The molecular formula is C25H52INO2. The van der Waals surface area contributed by atoms with Crippen molar-refractivity contribution in [3.8, 4) is 0 Å². The average molecular weight is 526 g/mol. The van der Waals surface area contributed by atoms with Gasteiger partial charge in [0.05, 0.1) is 26.9 Å². The zero-order chi connectivity index (χ0) is 20.2. The molecule has 0 atom stereocenters. The van der Waals surface area contributed by atoms with E-state index in [1.807, 2.05) is 0 Å². The zero-order valence-corrected chi connectivity index (χ0v) is 22.1. The third kappa shape index (κ3) is 19.1. The summed E-state index contributed by atoms with van der Waals surface area (Å²) in [7, 11) is 2.33. The Morgan fingerprint density at radius 3 is 1.48 bits per heavy atom. The summed E-state index contributed by atoms with van der Waals surface area (Å²) in [6.07, 6.45) is 22.8. The summed E-state index contributed by atoms with van der Waals surface area (Å²) >= 11 is 0. The van der Waals surface area contributed by atoms with Gasteiger partial charge in [-0.25, -0.2) is 0 Å². The maximum absolute atomic E-state index is 5.86. The van der Waals surface area contributed by atoms with Crippen molar-refractivity contribution < 1.29 is 37.9 Å². The van der Waals surface area contributed by atoms with Gasteiger partial charge in [-0.15, -0.1) is 0 Å². The third-order valence-electron chi connectivity index (χ3n) is 6.47. The van der Waals surface area contributed by atoms with Gasteiger partial charge < -0.3 is 37.9 Å². The number of quaternary nitrogens is 1. The Balaban J connectivity index is 0.00000784. The molecule has 1 aliphatic heterocycles. The van der Waals surface area contributed by atoms with Gasteiger partial charge in [0.2, 0.25) is 0 Å². The van der Waals surface area contributed by atoms with Crippen LogP contribution >= 0.6 is 0 Å². The molecule has 1 saturated heterocycles. The minimum Gasteiger partial charge on any atom is -1.00 e. The van der Waals surface area contributed by atoms with Crippen LogP contribution in [0.4, 0.5) is 0 Å². The number of halogens is 1. The van der Waals surface area contributed by atoms with E-state index in [0.29, 0.717) is 0 Å². The van der Waals surface area contributed by atoms with Crippen molar-refractivity contribution in [3.05, 3.63) is 0 Å². The summed E-state index contributed by atoms with van der Waals surface area (Å²) in [5.74, 6) is 0. The van der Waals surface area contributed by atoms with Gasteiger partial charge >= 0.3 is 0 Å². The lowest BCUT2D eigenvalue weighted by molar-refractivity contribution is -0.917. The lowest BCUT2D eigenvalue weighted by Crippen LogP contribution is -3.00. The lowest BCUT2D eigenvalue weighted by Gasteiger charge is -2.37. The van der Waals surface area contributed by atoms with E-state index in [4.69, 9.17) is 9.47 Å². The summed E-state index contributed by atoms with van der Waals surface area (Å²) in [6, 6.07) is 0. The Morgan fingerprint density at radius 1 is 0.621 bits per heavy atom. The SMILES string of the molecule is CCCCCCCCCCCCCCCCCCOCC[N+]1(C)CCOCC1.[I-]. The zero-order valence-electron chi connectivity index (χ0n) is 19.9. The van der Waals surface area contributed by atoms with E-state index in [1.165, 1.54) is 103 Å². The number of ether oxygens (including phenoxy) is 2. The molecule has 0 aromatic heterocycles. The van der Waals surface area contributed by atoms with Crippen molar-refractivity contribution in [3.63, 3.8) is 0 Å². The van der Waals surface area contributed by atoms with Gasteiger partial charge in [0.25, 0.3) is 0 Å². The summed E-state index contributed by atoms with van der Waals surface area (Å²) in [6.45, 7) is 9.41. The van der Waals surface area contributed by atoms with Gasteiger partial charge in [0, 0.05) is 6.61 Å². The summed E-state index contributed by atoms with van der Waals surface area (Å²) < 4.78 is 12.4. The second-order valence-electron chi connectivity index (χ2n) is 9.32. The Morgan fingerprint density at radius 2 is 1.03 bits per heavy atom. The maximum Gasteiger partial charge on any atom is 0.102 e. The Labute approximate surface area is 200 Å². The maximum atomic E-state index is 5.86. The van der Waals surface area contributed by atoms with Crippen LogP contribution in [0.5, 0.6) is 0 Å². The quantitative estimate of drug-likeness (QED) is 0.137. The van der Waals surface area contributed by atoms with Crippen molar-refractivity contribution in [2.24, 2.45) is 0 Å².